The van der Waals surface area contributed by atoms with Crippen LogP contribution in [0.25, 0.3) is 22.6 Å². The molecule has 8 nitrogen and oxygen atoms in total. The van der Waals surface area contributed by atoms with Crippen molar-refractivity contribution in [1.82, 2.24) is 24.7 Å². The number of ether oxygens (including phenoxy) is 1. The van der Waals surface area contributed by atoms with Crippen molar-refractivity contribution in [3.05, 3.63) is 24.7 Å². The molecule has 0 atom stereocenters. The van der Waals surface area contributed by atoms with Crippen molar-refractivity contribution in [1.29, 1.82) is 0 Å². The second kappa shape index (κ2) is 5.38. The molecule has 0 fully saturated rings. The van der Waals surface area contributed by atoms with Crippen LogP contribution in [0.4, 0.5) is 5.69 Å². The lowest BCUT2D eigenvalue weighted by atomic mass is 9.98. The summed E-state index contributed by atoms with van der Waals surface area (Å²) in [5, 5.41) is 6.71. The molecule has 0 aliphatic heterocycles. The number of H-pyrrole nitrogens is 1. The van der Waals surface area contributed by atoms with E-state index < -0.39 is 5.41 Å². The molecular formula is C15H18N6O2. The van der Waals surface area contributed by atoms with Gasteiger partial charge in [0.15, 0.2) is 12.4 Å². The number of imidazole rings is 1. The molecule has 8 heteroatoms. The Labute approximate surface area is 132 Å². The first-order valence-electron chi connectivity index (χ1n) is 7.14. The maximum absolute atomic E-state index is 11.9. The SMILES string of the molecule is CC(C)(C)C(=O)OCn1cnc2ccc(-c3[nH]ncc3N)nc21. The number of carbonyl (C=O) groups is 1. The number of aromatic amines is 1. The summed E-state index contributed by atoms with van der Waals surface area (Å²) in [6.45, 7) is 5.47. The van der Waals surface area contributed by atoms with Gasteiger partial charge >= 0.3 is 5.97 Å². The molecule has 3 aromatic rings. The number of pyridine rings is 1. The number of anilines is 1. The van der Waals surface area contributed by atoms with Crippen molar-refractivity contribution in [2.24, 2.45) is 5.41 Å². The van der Waals surface area contributed by atoms with E-state index in [0.29, 0.717) is 28.2 Å². The number of nitrogens with one attached hydrogen (secondary N) is 1. The topological polar surface area (TPSA) is 112 Å². The Morgan fingerprint density at radius 3 is 2.83 bits per heavy atom. The van der Waals surface area contributed by atoms with Crippen LogP contribution in [0.3, 0.4) is 0 Å². The fourth-order valence-electron chi connectivity index (χ4n) is 2.02. The second-order valence-corrected chi connectivity index (χ2v) is 6.26. The number of aromatic nitrogens is 5. The molecule has 0 amide bonds. The van der Waals surface area contributed by atoms with E-state index in [1.807, 2.05) is 12.1 Å². The van der Waals surface area contributed by atoms with Crippen LogP contribution in [0.15, 0.2) is 24.7 Å². The van der Waals surface area contributed by atoms with Crippen molar-refractivity contribution in [2.75, 3.05) is 5.73 Å². The number of nitrogens with zero attached hydrogens (tertiary/aromatic N) is 4. The van der Waals surface area contributed by atoms with Gasteiger partial charge in [-0.3, -0.25) is 14.5 Å². The van der Waals surface area contributed by atoms with Gasteiger partial charge in [-0.15, -0.1) is 0 Å². The predicted molar refractivity (Wildman–Crippen MR) is 85.1 cm³/mol. The molecule has 3 rings (SSSR count). The highest BCUT2D eigenvalue weighted by Gasteiger charge is 2.23. The Balaban J connectivity index is 1.90. The average molecular weight is 314 g/mol. The lowest BCUT2D eigenvalue weighted by molar-refractivity contribution is -0.156. The zero-order valence-electron chi connectivity index (χ0n) is 13.2. The fraction of sp³-hybridized carbons (Fsp3) is 0.333. The Kier molecular flexibility index (Phi) is 3.51. The number of fused-ring (bicyclic) bond motifs is 1. The summed E-state index contributed by atoms with van der Waals surface area (Å²) in [6.07, 6.45) is 3.12. The van der Waals surface area contributed by atoms with Gasteiger partial charge in [0.1, 0.15) is 11.2 Å². The van der Waals surface area contributed by atoms with Crippen LogP contribution in [-0.2, 0) is 16.3 Å². The highest BCUT2D eigenvalue weighted by molar-refractivity contribution is 5.78. The summed E-state index contributed by atoms with van der Waals surface area (Å²) >= 11 is 0. The van der Waals surface area contributed by atoms with Crippen molar-refractivity contribution in [3.63, 3.8) is 0 Å². The minimum Gasteiger partial charge on any atom is -0.443 e. The van der Waals surface area contributed by atoms with E-state index >= 15 is 0 Å². The number of carbonyl (C=O) groups excluding carboxylic acids is 1. The third kappa shape index (κ3) is 2.87. The zero-order chi connectivity index (χ0) is 16.6. The molecule has 0 spiro atoms. The zero-order valence-corrected chi connectivity index (χ0v) is 13.2. The molecule has 3 N–H and O–H groups in total. The third-order valence-corrected chi connectivity index (χ3v) is 3.33. The molecule has 0 unspecified atom stereocenters. The van der Waals surface area contributed by atoms with E-state index in [4.69, 9.17) is 10.5 Å². The average Bonchev–Trinajstić information content (AvgIpc) is 3.09. The molecular weight excluding hydrogens is 296 g/mol. The number of hydrogen-bond donors (Lipinski definition) is 2. The largest absolute Gasteiger partial charge is 0.443 e. The molecule has 0 saturated heterocycles. The predicted octanol–water partition coefficient (Wildman–Crippen LogP) is 1.95. The van der Waals surface area contributed by atoms with Crippen LogP contribution in [0.5, 0.6) is 0 Å². The smallest absolute Gasteiger partial charge is 0.312 e. The number of rotatable bonds is 3. The first kappa shape index (κ1) is 15.0. The van der Waals surface area contributed by atoms with Crippen LogP contribution < -0.4 is 5.73 Å². The van der Waals surface area contributed by atoms with Crippen LogP contribution in [0, 0.1) is 5.41 Å². The first-order chi connectivity index (χ1) is 10.9. The fourth-order valence-corrected chi connectivity index (χ4v) is 2.02. The maximum atomic E-state index is 11.9. The van der Waals surface area contributed by atoms with Gasteiger partial charge in [0.05, 0.1) is 29.3 Å². The Morgan fingerprint density at radius 1 is 1.39 bits per heavy atom. The van der Waals surface area contributed by atoms with Gasteiger partial charge in [0.2, 0.25) is 0 Å². The molecule has 0 radical (unpaired) electrons. The van der Waals surface area contributed by atoms with Gasteiger partial charge in [-0.05, 0) is 32.9 Å². The number of esters is 1. The Bertz CT molecular complexity index is 858. The summed E-state index contributed by atoms with van der Waals surface area (Å²) < 4.78 is 6.99. The first-order valence-corrected chi connectivity index (χ1v) is 7.14. The summed E-state index contributed by atoms with van der Waals surface area (Å²) in [5.41, 5.74) is 8.42. The summed E-state index contributed by atoms with van der Waals surface area (Å²) in [4.78, 5) is 20.7. The number of nitrogens with two attached hydrogens (primary N) is 1. The molecule has 0 bridgehead atoms. The lowest BCUT2D eigenvalue weighted by Crippen LogP contribution is -2.23. The van der Waals surface area contributed by atoms with E-state index in [9.17, 15) is 4.79 Å². The minimum atomic E-state index is -0.556. The van der Waals surface area contributed by atoms with Crippen molar-refractivity contribution < 1.29 is 9.53 Å². The number of hydrogen-bond acceptors (Lipinski definition) is 6. The van der Waals surface area contributed by atoms with Crippen molar-refractivity contribution >= 4 is 22.8 Å². The standard InChI is InChI=1S/C15H18N6O2/c1-15(2,3)14(22)23-8-21-7-17-11-5-4-10(19-13(11)21)12-9(16)6-18-20-12/h4-7H,8,16H2,1-3H3,(H,18,20). The van der Waals surface area contributed by atoms with Crippen LogP contribution in [0.1, 0.15) is 20.8 Å². The van der Waals surface area contributed by atoms with E-state index in [1.54, 1.807) is 31.7 Å². The van der Waals surface area contributed by atoms with Crippen molar-refractivity contribution in [2.45, 2.75) is 27.5 Å². The van der Waals surface area contributed by atoms with E-state index in [1.165, 1.54) is 6.20 Å². The molecule has 3 aromatic heterocycles. The van der Waals surface area contributed by atoms with Gasteiger partial charge in [-0.2, -0.15) is 5.10 Å². The Hall–Kier alpha value is -2.90. The molecule has 120 valence electrons. The third-order valence-electron chi connectivity index (χ3n) is 3.33. The molecule has 0 aliphatic rings. The highest BCUT2D eigenvalue weighted by Crippen LogP contribution is 2.23. The monoisotopic (exact) mass is 314 g/mol. The van der Waals surface area contributed by atoms with Gasteiger partial charge in [-0.1, -0.05) is 0 Å². The molecule has 3 heterocycles. The Morgan fingerprint density at radius 2 is 2.17 bits per heavy atom. The van der Waals surface area contributed by atoms with Gasteiger partial charge < -0.3 is 10.5 Å². The van der Waals surface area contributed by atoms with Gasteiger partial charge in [0, 0.05) is 0 Å². The van der Waals surface area contributed by atoms with Crippen molar-refractivity contribution in [3.8, 4) is 11.4 Å². The number of nitrogen functional groups attached to an aromatic ring is 1. The van der Waals surface area contributed by atoms with Gasteiger partial charge in [-0.25, -0.2) is 9.97 Å². The van der Waals surface area contributed by atoms with E-state index in [0.717, 1.165) is 0 Å². The molecule has 0 aromatic carbocycles. The lowest BCUT2D eigenvalue weighted by Gasteiger charge is -2.16. The van der Waals surface area contributed by atoms with Crippen LogP contribution in [0.2, 0.25) is 0 Å². The maximum Gasteiger partial charge on any atom is 0.312 e. The molecule has 0 aliphatic carbocycles. The minimum absolute atomic E-state index is 0.0571. The van der Waals surface area contributed by atoms with E-state index in [-0.39, 0.29) is 12.7 Å². The summed E-state index contributed by atoms with van der Waals surface area (Å²) in [7, 11) is 0. The van der Waals surface area contributed by atoms with Gasteiger partial charge in [0.25, 0.3) is 0 Å². The molecule has 23 heavy (non-hydrogen) atoms. The normalized spacial score (nSPS) is 11.8. The van der Waals surface area contributed by atoms with E-state index in [2.05, 4.69) is 20.2 Å². The summed E-state index contributed by atoms with van der Waals surface area (Å²) in [5.74, 6) is -0.284. The molecule has 0 saturated carbocycles. The van der Waals surface area contributed by atoms with Crippen LogP contribution >= 0.6 is 0 Å². The quantitative estimate of drug-likeness (QED) is 0.715. The van der Waals surface area contributed by atoms with Crippen LogP contribution in [-0.4, -0.2) is 30.7 Å². The second-order valence-electron chi connectivity index (χ2n) is 6.26. The summed E-state index contributed by atoms with van der Waals surface area (Å²) in [6, 6.07) is 3.64. The highest BCUT2D eigenvalue weighted by atomic mass is 16.5.